The maximum absolute atomic E-state index is 5.55. The molecular weight excluding hydrogens is 236 g/mol. The normalized spacial score (nSPS) is 34.9. The summed E-state index contributed by atoms with van der Waals surface area (Å²) in [4.78, 5) is 2.76. The van der Waals surface area contributed by atoms with Crippen LogP contribution in [-0.4, -0.2) is 49.8 Å². The Morgan fingerprint density at radius 2 is 2.11 bits per heavy atom. The van der Waals surface area contributed by atoms with Gasteiger partial charge in [0.05, 0.1) is 6.61 Å². The molecule has 2 aliphatic rings. The zero-order valence-electron chi connectivity index (χ0n) is 13.2. The van der Waals surface area contributed by atoms with Gasteiger partial charge in [-0.2, -0.15) is 0 Å². The second kappa shape index (κ2) is 7.05. The van der Waals surface area contributed by atoms with E-state index in [0.717, 1.165) is 37.5 Å². The molecule has 4 unspecified atom stereocenters. The number of nitrogens with one attached hydrogen (secondary N) is 1. The number of hydrogen-bond acceptors (Lipinski definition) is 3. The Hall–Kier alpha value is -0.120. The predicted octanol–water partition coefficient (Wildman–Crippen LogP) is 2.37. The number of rotatable bonds is 5. The SMILES string of the molecule is CCC(C)C1CNC(C(C)C)CN1CC1CCOC1. The average Bonchev–Trinajstić information content (AvgIpc) is 2.90. The molecule has 3 nitrogen and oxygen atoms in total. The van der Waals surface area contributed by atoms with Crippen molar-refractivity contribution in [2.45, 2.75) is 52.6 Å². The third-order valence-electron chi connectivity index (χ3n) is 5.11. The minimum Gasteiger partial charge on any atom is -0.381 e. The first-order valence-corrected chi connectivity index (χ1v) is 8.17. The average molecular weight is 268 g/mol. The Bertz CT molecular complexity index is 261. The van der Waals surface area contributed by atoms with Crippen LogP contribution < -0.4 is 5.32 Å². The fourth-order valence-corrected chi connectivity index (χ4v) is 3.40. The molecule has 112 valence electrons. The predicted molar refractivity (Wildman–Crippen MR) is 80.4 cm³/mol. The summed E-state index contributed by atoms with van der Waals surface area (Å²) in [6.45, 7) is 14.9. The Kier molecular flexibility index (Phi) is 5.67. The van der Waals surface area contributed by atoms with Crippen molar-refractivity contribution in [1.82, 2.24) is 10.2 Å². The second-order valence-electron chi connectivity index (χ2n) is 6.90. The summed E-state index contributed by atoms with van der Waals surface area (Å²) in [6.07, 6.45) is 2.53. The minimum absolute atomic E-state index is 0.655. The molecule has 0 saturated carbocycles. The minimum atomic E-state index is 0.655. The molecule has 2 saturated heterocycles. The maximum atomic E-state index is 5.55. The van der Waals surface area contributed by atoms with E-state index in [1.807, 2.05) is 0 Å². The van der Waals surface area contributed by atoms with Crippen LogP contribution in [-0.2, 0) is 4.74 Å². The van der Waals surface area contributed by atoms with Gasteiger partial charge in [0.2, 0.25) is 0 Å². The van der Waals surface area contributed by atoms with E-state index >= 15 is 0 Å². The van der Waals surface area contributed by atoms with Crippen molar-refractivity contribution in [2.24, 2.45) is 17.8 Å². The van der Waals surface area contributed by atoms with Gasteiger partial charge in [0.25, 0.3) is 0 Å². The summed E-state index contributed by atoms with van der Waals surface area (Å²) in [7, 11) is 0. The fraction of sp³-hybridized carbons (Fsp3) is 1.00. The van der Waals surface area contributed by atoms with Crippen LogP contribution in [0.2, 0.25) is 0 Å². The summed E-state index contributed by atoms with van der Waals surface area (Å²) in [6, 6.07) is 1.36. The smallest absolute Gasteiger partial charge is 0.0507 e. The van der Waals surface area contributed by atoms with Gasteiger partial charge in [-0.05, 0) is 24.2 Å². The Morgan fingerprint density at radius 3 is 2.68 bits per heavy atom. The topological polar surface area (TPSA) is 24.5 Å². The molecule has 2 rings (SSSR count). The van der Waals surface area contributed by atoms with E-state index in [9.17, 15) is 0 Å². The van der Waals surface area contributed by atoms with Gasteiger partial charge in [-0.1, -0.05) is 34.1 Å². The van der Waals surface area contributed by atoms with Crippen LogP contribution in [0.4, 0.5) is 0 Å². The summed E-state index contributed by atoms with van der Waals surface area (Å²) >= 11 is 0. The summed E-state index contributed by atoms with van der Waals surface area (Å²) in [5, 5.41) is 3.77. The van der Waals surface area contributed by atoms with Crippen LogP contribution in [0.25, 0.3) is 0 Å². The van der Waals surface area contributed by atoms with Crippen LogP contribution in [0.5, 0.6) is 0 Å². The van der Waals surface area contributed by atoms with Crippen molar-refractivity contribution in [3.05, 3.63) is 0 Å². The molecule has 0 spiro atoms. The fourth-order valence-electron chi connectivity index (χ4n) is 3.40. The highest BCUT2D eigenvalue weighted by Crippen LogP contribution is 2.23. The van der Waals surface area contributed by atoms with Gasteiger partial charge in [0.1, 0.15) is 0 Å². The third kappa shape index (κ3) is 3.93. The molecule has 19 heavy (non-hydrogen) atoms. The van der Waals surface area contributed by atoms with Crippen molar-refractivity contribution in [3.8, 4) is 0 Å². The number of ether oxygens (including phenoxy) is 1. The van der Waals surface area contributed by atoms with Crippen molar-refractivity contribution in [1.29, 1.82) is 0 Å². The highest BCUT2D eigenvalue weighted by atomic mass is 16.5. The number of nitrogens with zero attached hydrogens (tertiary/aromatic N) is 1. The second-order valence-corrected chi connectivity index (χ2v) is 6.90. The molecule has 0 aliphatic carbocycles. The summed E-state index contributed by atoms with van der Waals surface area (Å²) < 4.78 is 5.55. The molecule has 0 amide bonds. The van der Waals surface area contributed by atoms with Gasteiger partial charge in [0, 0.05) is 38.3 Å². The largest absolute Gasteiger partial charge is 0.381 e. The zero-order valence-corrected chi connectivity index (χ0v) is 13.2. The van der Waals surface area contributed by atoms with Gasteiger partial charge in [-0.15, -0.1) is 0 Å². The number of piperazine rings is 1. The van der Waals surface area contributed by atoms with Gasteiger partial charge in [0.15, 0.2) is 0 Å². The molecule has 0 radical (unpaired) electrons. The highest BCUT2D eigenvalue weighted by molar-refractivity contribution is 4.90. The van der Waals surface area contributed by atoms with E-state index in [4.69, 9.17) is 4.74 Å². The first-order valence-electron chi connectivity index (χ1n) is 8.17. The van der Waals surface area contributed by atoms with E-state index in [2.05, 4.69) is 37.9 Å². The van der Waals surface area contributed by atoms with Crippen molar-refractivity contribution in [2.75, 3.05) is 32.8 Å². The van der Waals surface area contributed by atoms with Crippen molar-refractivity contribution in [3.63, 3.8) is 0 Å². The Morgan fingerprint density at radius 1 is 1.32 bits per heavy atom. The van der Waals surface area contributed by atoms with Gasteiger partial charge >= 0.3 is 0 Å². The van der Waals surface area contributed by atoms with E-state index < -0.39 is 0 Å². The van der Waals surface area contributed by atoms with Gasteiger partial charge in [-0.3, -0.25) is 4.90 Å². The molecule has 0 bridgehead atoms. The molecule has 2 aliphatic heterocycles. The van der Waals surface area contributed by atoms with Crippen LogP contribution >= 0.6 is 0 Å². The van der Waals surface area contributed by atoms with E-state index in [1.165, 1.54) is 25.9 Å². The molecule has 2 heterocycles. The van der Waals surface area contributed by atoms with Crippen LogP contribution in [0.3, 0.4) is 0 Å². The lowest BCUT2D eigenvalue weighted by Gasteiger charge is -2.45. The van der Waals surface area contributed by atoms with E-state index in [-0.39, 0.29) is 0 Å². The Balaban J connectivity index is 1.97. The summed E-state index contributed by atoms with van der Waals surface area (Å²) in [5.74, 6) is 2.26. The molecule has 0 aromatic rings. The third-order valence-corrected chi connectivity index (χ3v) is 5.11. The van der Waals surface area contributed by atoms with Crippen LogP contribution in [0.15, 0.2) is 0 Å². The molecule has 3 heteroatoms. The van der Waals surface area contributed by atoms with Gasteiger partial charge in [-0.25, -0.2) is 0 Å². The maximum Gasteiger partial charge on any atom is 0.0507 e. The molecule has 0 aromatic heterocycles. The van der Waals surface area contributed by atoms with Crippen molar-refractivity contribution < 1.29 is 4.74 Å². The molecular formula is C16H32N2O. The lowest BCUT2D eigenvalue weighted by molar-refractivity contribution is 0.0611. The van der Waals surface area contributed by atoms with Crippen LogP contribution in [0.1, 0.15) is 40.5 Å². The summed E-state index contributed by atoms with van der Waals surface area (Å²) in [5.41, 5.74) is 0. The standard InChI is InChI=1S/C16H32N2O/c1-5-13(4)16-8-17-15(12(2)3)10-18(16)9-14-6-7-19-11-14/h12-17H,5-11H2,1-4H3. The molecule has 2 fully saturated rings. The lowest BCUT2D eigenvalue weighted by Crippen LogP contribution is -2.60. The molecule has 4 atom stereocenters. The van der Waals surface area contributed by atoms with E-state index in [0.29, 0.717) is 12.1 Å². The Labute approximate surface area is 119 Å². The zero-order chi connectivity index (χ0) is 13.8. The van der Waals surface area contributed by atoms with Gasteiger partial charge < -0.3 is 10.1 Å². The highest BCUT2D eigenvalue weighted by Gasteiger charge is 2.33. The quantitative estimate of drug-likeness (QED) is 0.828. The molecule has 0 aromatic carbocycles. The first-order chi connectivity index (χ1) is 9.11. The monoisotopic (exact) mass is 268 g/mol. The van der Waals surface area contributed by atoms with Crippen LogP contribution in [0, 0.1) is 17.8 Å². The lowest BCUT2D eigenvalue weighted by atomic mass is 9.91. The molecule has 1 N–H and O–H groups in total. The first kappa shape index (κ1) is 15.3. The van der Waals surface area contributed by atoms with E-state index in [1.54, 1.807) is 0 Å². The number of hydrogen-bond donors (Lipinski definition) is 1. The van der Waals surface area contributed by atoms with Crippen molar-refractivity contribution >= 4 is 0 Å².